The third-order valence-corrected chi connectivity index (χ3v) is 3.68. The van der Waals surface area contributed by atoms with Gasteiger partial charge >= 0.3 is 0 Å². The number of nitrogens with one attached hydrogen (secondary N) is 1. The maximum Gasteiger partial charge on any atom is 0.290 e. The Kier molecular flexibility index (Phi) is 8.01. The highest BCUT2D eigenvalue weighted by atomic mass is 16.5. The van der Waals surface area contributed by atoms with Crippen molar-refractivity contribution < 1.29 is 24.5 Å². The minimum absolute atomic E-state index is 0.0188. The molecule has 0 spiro atoms. The van der Waals surface area contributed by atoms with Gasteiger partial charge in [0.05, 0.1) is 45.1 Å². The Labute approximate surface area is 156 Å². The second-order valence-corrected chi connectivity index (χ2v) is 5.26. The van der Waals surface area contributed by atoms with Crippen molar-refractivity contribution in [2.24, 2.45) is 0 Å². The van der Waals surface area contributed by atoms with Gasteiger partial charge in [-0.1, -0.05) is 12.1 Å². The fourth-order valence-corrected chi connectivity index (χ4v) is 2.60. The molecule has 0 fully saturated rings. The largest absolute Gasteiger partial charge is 0.496 e. The summed E-state index contributed by atoms with van der Waals surface area (Å²) in [6, 6.07) is 7.79. The summed E-state index contributed by atoms with van der Waals surface area (Å²) in [6.07, 6.45) is 5.38. The third-order valence-electron chi connectivity index (χ3n) is 3.68. The summed E-state index contributed by atoms with van der Waals surface area (Å²) in [4.78, 5) is 12.9. The second kappa shape index (κ2) is 10.7. The number of benzene rings is 1. The van der Waals surface area contributed by atoms with Crippen molar-refractivity contribution >= 4 is 6.47 Å². The predicted molar refractivity (Wildman–Crippen MR) is 98.4 cm³/mol. The zero-order chi connectivity index (χ0) is 19.5. The standard InChI is InChI=1S/C17H20N4O3.CH2O2/c1-23-15-5-3-2-4-14(15)16-17(13-10-19-20-11-13)21(12-18-16)6-8-24-9-7-22;2-1-3/h2-5,10-12,22H,6-9H2,1H3,(H,19,20);1H,(H,2,3). The summed E-state index contributed by atoms with van der Waals surface area (Å²) in [5.41, 5.74) is 3.64. The van der Waals surface area contributed by atoms with Crippen LogP contribution in [0.15, 0.2) is 43.0 Å². The van der Waals surface area contributed by atoms with Gasteiger partial charge in [-0.15, -0.1) is 0 Å². The Hall–Kier alpha value is -3.17. The summed E-state index contributed by atoms with van der Waals surface area (Å²) in [6.45, 7) is 1.22. The highest BCUT2D eigenvalue weighted by Gasteiger charge is 2.18. The van der Waals surface area contributed by atoms with Crippen LogP contribution >= 0.6 is 0 Å². The van der Waals surface area contributed by atoms with E-state index >= 15 is 0 Å². The molecule has 9 nitrogen and oxygen atoms in total. The Balaban J connectivity index is 0.000000817. The fraction of sp³-hybridized carbons (Fsp3) is 0.278. The number of rotatable bonds is 8. The summed E-state index contributed by atoms with van der Waals surface area (Å²) in [7, 11) is 1.65. The number of para-hydroxylation sites is 1. The van der Waals surface area contributed by atoms with Gasteiger partial charge in [-0.2, -0.15) is 5.10 Å². The maximum absolute atomic E-state index is 8.81. The molecule has 0 radical (unpaired) electrons. The first-order chi connectivity index (χ1) is 13.3. The lowest BCUT2D eigenvalue weighted by Gasteiger charge is -2.11. The number of carbonyl (C=O) groups is 1. The summed E-state index contributed by atoms with van der Waals surface area (Å²) in [5, 5.41) is 22.6. The van der Waals surface area contributed by atoms with Gasteiger partial charge in [0, 0.05) is 23.9 Å². The molecule has 0 atom stereocenters. The van der Waals surface area contributed by atoms with Gasteiger partial charge in [-0.05, 0) is 12.1 Å². The van der Waals surface area contributed by atoms with Crippen LogP contribution in [-0.2, 0) is 16.1 Å². The topological polar surface area (TPSA) is 122 Å². The number of nitrogens with zero attached hydrogens (tertiary/aromatic N) is 3. The van der Waals surface area contributed by atoms with Crippen LogP contribution < -0.4 is 4.74 Å². The van der Waals surface area contributed by atoms with E-state index in [9.17, 15) is 0 Å². The molecule has 0 aliphatic carbocycles. The average Bonchev–Trinajstić information content (AvgIpc) is 3.35. The molecule has 2 heterocycles. The zero-order valence-corrected chi connectivity index (χ0v) is 14.9. The molecule has 0 saturated heterocycles. The molecule has 2 aromatic heterocycles. The number of ether oxygens (including phenoxy) is 2. The van der Waals surface area contributed by atoms with Crippen LogP contribution in [0, 0.1) is 0 Å². The Morgan fingerprint density at radius 2 is 2.07 bits per heavy atom. The van der Waals surface area contributed by atoms with E-state index in [0.717, 1.165) is 28.3 Å². The van der Waals surface area contributed by atoms with E-state index in [1.165, 1.54) is 0 Å². The number of carboxylic acid groups (broad SMARTS) is 1. The number of aliphatic hydroxyl groups excluding tert-OH is 1. The zero-order valence-electron chi connectivity index (χ0n) is 14.9. The van der Waals surface area contributed by atoms with E-state index in [2.05, 4.69) is 15.2 Å². The van der Waals surface area contributed by atoms with Crippen LogP contribution in [-0.4, -0.2) is 63.4 Å². The summed E-state index contributed by atoms with van der Waals surface area (Å²) in [5.74, 6) is 0.768. The molecule has 3 rings (SSSR count). The predicted octanol–water partition coefficient (Wildman–Crippen LogP) is 1.66. The first kappa shape index (κ1) is 20.1. The van der Waals surface area contributed by atoms with Gasteiger partial charge < -0.3 is 24.3 Å². The van der Waals surface area contributed by atoms with Crippen molar-refractivity contribution in [3.05, 3.63) is 43.0 Å². The molecular formula is C18H22N4O5. The number of hydrogen-bond acceptors (Lipinski definition) is 6. The van der Waals surface area contributed by atoms with Crippen molar-refractivity contribution in [1.29, 1.82) is 0 Å². The number of imidazole rings is 1. The minimum Gasteiger partial charge on any atom is -0.496 e. The number of aromatic nitrogens is 4. The lowest BCUT2D eigenvalue weighted by Crippen LogP contribution is -2.08. The SMILES string of the molecule is COc1ccccc1-c1ncn(CCOCCO)c1-c1cn[nH]c1.O=CO. The van der Waals surface area contributed by atoms with Crippen molar-refractivity contribution in [3.8, 4) is 28.3 Å². The van der Waals surface area contributed by atoms with Crippen LogP contribution in [0.2, 0.25) is 0 Å². The molecule has 0 aliphatic heterocycles. The molecule has 144 valence electrons. The highest BCUT2D eigenvalue weighted by molar-refractivity contribution is 5.81. The van der Waals surface area contributed by atoms with Crippen LogP contribution in [0.5, 0.6) is 5.75 Å². The van der Waals surface area contributed by atoms with Gasteiger partial charge in [0.25, 0.3) is 6.47 Å². The quantitative estimate of drug-likeness (QED) is 0.405. The van der Waals surface area contributed by atoms with E-state index in [4.69, 9.17) is 24.5 Å². The van der Waals surface area contributed by atoms with Crippen LogP contribution in [0.1, 0.15) is 0 Å². The molecule has 27 heavy (non-hydrogen) atoms. The van der Waals surface area contributed by atoms with E-state index in [-0.39, 0.29) is 13.1 Å². The van der Waals surface area contributed by atoms with Crippen LogP contribution in [0.3, 0.4) is 0 Å². The number of hydrogen-bond donors (Lipinski definition) is 3. The normalized spacial score (nSPS) is 10.1. The smallest absolute Gasteiger partial charge is 0.290 e. The molecule has 0 unspecified atom stereocenters. The van der Waals surface area contributed by atoms with Gasteiger partial charge in [-0.3, -0.25) is 9.89 Å². The Bertz CT molecular complexity index is 817. The van der Waals surface area contributed by atoms with Crippen LogP contribution in [0.25, 0.3) is 22.5 Å². The number of aliphatic hydroxyl groups is 1. The Morgan fingerprint density at radius 1 is 1.30 bits per heavy atom. The van der Waals surface area contributed by atoms with Gasteiger partial charge in [0.2, 0.25) is 0 Å². The van der Waals surface area contributed by atoms with E-state index in [1.54, 1.807) is 19.6 Å². The molecule has 1 aromatic carbocycles. The molecule has 0 amide bonds. The van der Waals surface area contributed by atoms with Gasteiger partial charge in [0.1, 0.15) is 11.4 Å². The maximum atomic E-state index is 8.81. The first-order valence-electron chi connectivity index (χ1n) is 8.20. The molecule has 3 N–H and O–H groups in total. The number of methoxy groups -OCH3 is 1. The van der Waals surface area contributed by atoms with Crippen molar-refractivity contribution in [1.82, 2.24) is 19.7 Å². The lowest BCUT2D eigenvalue weighted by atomic mass is 10.1. The molecule has 0 saturated carbocycles. The summed E-state index contributed by atoms with van der Waals surface area (Å²) >= 11 is 0. The van der Waals surface area contributed by atoms with E-state index < -0.39 is 0 Å². The fourth-order valence-electron chi connectivity index (χ4n) is 2.60. The molecule has 0 aliphatic rings. The molecule has 9 heteroatoms. The summed E-state index contributed by atoms with van der Waals surface area (Å²) < 4.78 is 12.9. The molecule has 0 bridgehead atoms. The molecule has 3 aromatic rings. The van der Waals surface area contributed by atoms with Gasteiger partial charge in [-0.25, -0.2) is 4.98 Å². The first-order valence-corrected chi connectivity index (χ1v) is 8.20. The minimum atomic E-state index is -0.250. The van der Waals surface area contributed by atoms with E-state index in [1.807, 2.05) is 35.0 Å². The van der Waals surface area contributed by atoms with Crippen molar-refractivity contribution in [3.63, 3.8) is 0 Å². The van der Waals surface area contributed by atoms with Crippen LogP contribution in [0.4, 0.5) is 0 Å². The third kappa shape index (κ3) is 5.16. The molecular weight excluding hydrogens is 352 g/mol. The van der Waals surface area contributed by atoms with Crippen molar-refractivity contribution in [2.45, 2.75) is 6.54 Å². The number of aromatic amines is 1. The monoisotopic (exact) mass is 374 g/mol. The Morgan fingerprint density at radius 3 is 2.74 bits per heavy atom. The van der Waals surface area contributed by atoms with Crippen molar-refractivity contribution in [2.75, 3.05) is 26.9 Å². The lowest BCUT2D eigenvalue weighted by molar-refractivity contribution is -0.122. The highest BCUT2D eigenvalue weighted by Crippen LogP contribution is 2.35. The second-order valence-electron chi connectivity index (χ2n) is 5.26. The average molecular weight is 374 g/mol. The van der Waals surface area contributed by atoms with E-state index in [0.29, 0.717) is 19.8 Å². The number of H-pyrrole nitrogens is 1. The van der Waals surface area contributed by atoms with Gasteiger partial charge in [0.15, 0.2) is 0 Å².